The monoisotopic (exact) mass is 162 g/mol. The van der Waals surface area contributed by atoms with Crippen LogP contribution in [0.4, 0.5) is 0 Å². The van der Waals surface area contributed by atoms with Crippen molar-refractivity contribution in [2.75, 3.05) is 0 Å². The lowest BCUT2D eigenvalue weighted by molar-refractivity contribution is -0.137. The summed E-state index contributed by atoms with van der Waals surface area (Å²) in [4.78, 5) is 10.2. The first-order valence-electron chi connectivity index (χ1n) is 2.17. The minimum atomic E-state index is -1.01. The van der Waals surface area contributed by atoms with Gasteiger partial charge in [-0.05, 0) is 0 Å². The molecule has 50 valence electrons. The molecule has 0 bridgehead atoms. The number of hydrogen-bond donors (Lipinski definition) is 2. The van der Waals surface area contributed by atoms with Gasteiger partial charge in [0.05, 0.1) is 4.20 Å². The maximum Gasteiger partial charge on any atom is 0.316 e. The van der Waals surface area contributed by atoms with E-state index in [1.54, 1.807) is 0 Å². The number of carbonyl (C=O) groups is 1. The van der Waals surface area contributed by atoms with Crippen LogP contribution in [0.5, 0.6) is 0 Å². The van der Waals surface area contributed by atoms with E-state index in [0.717, 1.165) is 0 Å². The molecule has 1 atom stereocenters. The molecule has 0 aromatic rings. The topological polar surface area (TPSA) is 37.3 Å². The molecule has 0 aromatic carbocycles. The maximum atomic E-state index is 10.2. The van der Waals surface area contributed by atoms with Gasteiger partial charge in [-0.25, -0.2) is 0 Å². The molecule has 0 saturated carbocycles. The van der Waals surface area contributed by atoms with Crippen LogP contribution in [0.25, 0.3) is 0 Å². The molecule has 9 heavy (non-hydrogen) atoms. The molecule has 1 N–H and O–H groups in total. The predicted octanol–water partition coefficient (Wildman–Crippen LogP) is 1.13. The zero-order valence-electron chi connectivity index (χ0n) is 4.57. The van der Waals surface area contributed by atoms with E-state index in [1.165, 1.54) is 6.08 Å². The van der Waals surface area contributed by atoms with Crippen LogP contribution in [0.3, 0.4) is 0 Å². The number of thiocarbonyl (C=S) groups is 1. The van der Waals surface area contributed by atoms with Crippen molar-refractivity contribution < 1.29 is 9.90 Å². The molecule has 0 spiro atoms. The molecule has 0 saturated heterocycles. The molecule has 0 aromatic heterocycles. The summed E-state index contributed by atoms with van der Waals surface area (Å²) in [6.07, 6.45) is 1.25. The van der Waals surface area contributed by atoms with Gasteiger partial charge in [0.1, 0.15) is 5.92 Å². The highest BCUT2D eigenvalue weighted by Gasteiger charge is 2.14. The van der Waals surface area contributed by atoms with Crippen LogP contribution in [-0.4, -0.2) is 15.3 Å². The Balaban J connectivity index is 4.16. The average Bonchev–Trinajstić information content (AvgIpc) is 1.64. The fourth-order valence-electron chi connectivity index (χ4n) is 0.307. The number of rotatable bonds is 3. The number of carboxylic acid groups (broad SMARTS) is 1. The molecule has 0 rings (SSSR count). The minimum absolute atomic E-state index is 0.137. The van der Waals surface area contributed by atoms with Crippen LogP contribution in [0.15, 0.2) is 12.7 Å². The Kier molecular flexibility index (Phi) is 3.49. The van der Waals surface area contributed by atoms with Crippen molar-refractivity contribution in [1.29, 1.82) is 0 Å². The molecular weight excluding hydrogens is 156 g/mol. The lowest BCUT2D eigenvalue weighted by Gasteiger charge is -2.00. The lowest BCUT2D eigenvalue weighted by atomic mass is 10.2. The molecule has 4 heteroatoms. The highest BCUT2D eigenvalue weighted by atomic mass is 32.1. The van der Waals surface area contributed by atoms with E-state index in [0.29, 0.717) is 0 Å². The van der Waals surface area contributed by atoms with E-state index < -0.39 is 11.9 Å². The summed E-state index contributed by atoms with van der Waals surface area (Å²) in [7, 11) is 0. The van der Waals surface area contributed by atoms with Crippen molar-refractivity contribution in [1.82, 2.24) is 0 Å². The van der Waals surface area contributed by atoms with Crippen LogP contribution in [0.1, 0.15) is 0 Å². The summed E-state index contributed by atoms with van der Waals surface area (Å²) in [5, 5.41) is 8.34. The molecule has 0 aliphatic carbocycles. The highest BCUT2D eigenvalue weighted by Crippen LogP contribution is 2.04. The molecule has 0 aliphatic rings. The Morgan fingerprint density at radius 3 is 2.33 bits per heavy atom. The third kappa shape index (κ3) is 2.62. The van der Waals surface area contributed by atoms with Crippen LogP contribution in [0.2, 0.25) is 0 Å². The Bertz CT molecular complexity index is 139. The van der Waals surface area contributed by atoms with Crippen LogP contribution < -0.4 is 0 Å². The second-order valence-corrected chi connectivity index (χ2v) is 2.61. The molecule has 0 fully saturated rings. The quantitative estimate of drug-likeness (QED) is 0.371. The largest absolute Gasteiger partial charge is 0.481 e. The van der Waals surface area contributed by atoms with Gasteiger partial charge < -0.3 is 5.11 Å². The SMILES string of the molecule is C=CC(C(=O)O)C(=S)S. The normalized spacial score (nSPS) is 12.1. The second-order valence-electron chi connectivity index (χ2n) is 1.39. The zero-order chi connectivity index (χ0) is 7.44. The van der Waals surface area contributed by atoms with Gasteiger partial charge >= 0.3 is 5.97 Å². The Labute approximate surface area is 64.0 Å². The zero-order valence-corrected chi connectivity index (χ0v) is 6.28. The summed E-state index contributed by atoms with van der Waals surface area (Å²) in [6, 6.07) is 0. The number of thiol groups is 1. The van der Waals surface area contributed by atoms with E-state index in [4.69, 9.17) is 5.11 Å². The van der Waals surface area contributed by atoms with Crippen molar-refractivity contribution >= 4 is 35.0 Å². The third-order valence-corrected chi connectivity index (χ3v) is 1.30. The van der Waals surface area contributed by atoms with Crippen molar-refractivity contribution in [3.63, 3.8) is 0 Å². The minimum Gasteiger partial charge on any atom is -0.481 e. The number of hydrogen-bond acceptors (Lipinski definition) is 2. The lowest BCUT2D eigenvalue weighted by Crippen LogP contribution is -2.15. The van der Waals surface area contributed by atoms with Gasteiger partial charge in [0.15, 0.2) is 0 Å². The van der Waals surface area contributed by atoms with E-state index in [2.05, 4.69) is 31.4 Å². The van der Waals surface area contributed by atoms with Crippen LogP contribution >= 0.6 is 24.8 Å². The average molecular weight is 162 g/mol. The smallest absolute Gasteiger partial charge is 0.316 e. The predicted molar refractivity (Wildman–Crippen MR) is 42.9 cm³/mol. The molecule has 0 aliphatic heterocycles. The highest BCUT2D eigenvalue weighted by molar-refractivity contribution is 8.11. The second kappa shape index (κ2) is 3.63. The molecule has 0 heterocycles. The Morgan fingerprint density at radius 2 is 2.33 bits per heavy atom. The summed E-state index contributed by atoms with van der Waals surface area (Å²) >= 11 is 8.20. The number of carboxylic acids is 1. The fourth-order valence-corrected chi connectivity index (χ4v) is 0.720. The van der Waals surface area contributed by atoms with Crippen LogP contribution in [-0.2, 0) is 4.79 Å². The van der Waals surface area contributed by atoms with Crippen molar-refractivity contribution in [2.45, 2.75) is 0 Å². The van der Waals surface area contributed by atoms with Gasteiger partial charge in [-0.3, -0.25) is 4.79 Å². The third-order valence-electron chi connectivity index (χ3n) is 0.768. The first-order valence-corrected chi connectivity index (χ1v) is 3.03. The van der Waals surface area contributed by atoms with Gasteiger partial charge in [0.25, 0.3) is 0 Å². The standard InChI is InChI=1S/C5H6O2S2/c1-2-3(4(6)7)5(8)9/h2-3H,1H2,(H,6,7)(H,8,9). The van der Waals surface area contributed by atoms with Crippen LogP contribution in [0, 0.1) is 5.92 Å². The summed E-state index contributed by atoms with van der Waals surface area (Å²) in [6.45, 7) is 3.29. The Hall–Kier alpha value is -0.350. The van der Waals surface area contributed by atoms with E-state index in [-0.39, 0.29) is 4.20 Å². The Morgan fingerprint density at radius 1 is 1.89 bits per heavy atom. The summed E-state index contributed by atoms with van der Waals surface area (Å²) < 4.78 is 0.137. The molecule has 2 nitrogen and oxygen atoms in total. The van der Waals surface area contributed by atoms with Gasteiger partial charge in [0.2, 0.25) is 0 Å². The fraction of sp³-hybridized carbons (Fsp3) is 0.200. The van der Waals surface area contributed by atoms with Gasteiger partial charge in [-0.15, -0.1) is 19.2 Å². The molecule has 0 radical (unpaired) electrons. The van der Waals surface area contributed by atoms with Gasteiger partial charge in [-0.2, -0.15) is 0 Å². The molecule has 0 amide bonds. The molecule has 1 unspecified atom stereocenters. The van der Waals surface area contributed by atoms with Crippen molar-refractivity contribution in [2.24, 2.45) is 5.92 Å². The summed E-state index contributed by atoms with van der Waals surface area (Å²) in [5.74, 6) is -1.81. The maximum absolute atomic E-state index is 10.2. The van der Waals surface area contributed by atoms with Gasteiger partial charge in [0, 0.05) is 0 Å². The summed E-state index contributed by atoms with van der Waals surface area (Å²) in [5.41, 5.74) is 0. The first-order chi connectivity index (χ1) is 4.09. The van der Waals surface area contributed by atoms with Crippen molar-refractivity contribution in [3.8, 4) is 0 Å². The van der Waals surface area contributed by atoms with E-state index in [9.17, 15) is 4.79 Å². The van der Waals surface area contributed by atoms with E-state index in [1.807, 2.05) is 0 Å². The molecular formula is C5H6O2S2. The van der Waals surface area contributed by atoms with Crippen molar-refractivity contribution in [3.05, 3.63) is 12.7 Å². The first kappa shape index (κ1) is 8.65. The number of aliphatic carboxylic acids is 1. The van der Waals surface area contributed by atoms with E-state index >= 15 is 0 Å². The van der Waals surface area contributed by atoms with Gasteiger partial charge in [-0.1, -0.05) is 18.3 Å².